The van der Waals surface area contributed by atoms with Crippen molar-refractivity contribution in [1.29, 1.82) is 0 Å². The molecule has 0 heterocycles. The van der Waals surface area contributed by atoms with Crippen molar-refractivity contribution in [3.05, 3.63) is 22.9 Å². The molecule has 1 nitrogen and oxygen atoms in total. The number of allylic oxidation sites excluding steroid dienone is 3. The van der Waals surface area contributed by atoms with Gasteiger partial charge in [0.1, 0.15) is 0 Å². The molecule has 0 rings (SSSR count). The molecule has 0 amide bonds. The maximum absolute atomic E-state index is 5.46. The molecule has 0 aromatic carbocycles. The summed E-state index contributed by atoms with van der Waals surface area (Å²) in [5.41, 5.74) is 4.07. The molecule has 1 unspecified atom stereocenters. The van der Waals surface area contributed by atoms with Crippen LogP contribution in [0.3, 0.4) is 0 Å². The Morgan fingerprint density at radius 2 is 1.76 bits per heavy atom. The van der Waals surface area contributed by atoms with E-state index in [1.54, 1.807) is 6.08 Å². The molecule has 0 aromatic heterocycles. The Labute approximate surface area is 130 Å². The van der Waals surface area contributed by atoms with Crippen LogP contribution < -0.4 is 0 Å². The first-order valence-electron chi connectivity index (χ1n) is 7.35. The van der Waals surface area contributed by atoms with Gasteiger partial charge in [-0.15, -0.1) is 31.1 Å². The van der Waals surface area contributed by atoms with Crippen LogP contribution in [0.2, 0.25) is 0 Å². The smallest absolute Gasteiger partial charge is 0.0744 e. The largest absolute Gasteiger partial charge is 0.256 e. The molecular formula is C20H25N. The lowest BCUT2D eigenvalue weighted by Gasteiger charge is -2.14. The first-order valence-corrected chi connectivity index (χ1v) is 7.35. The van der Waals surface area contributed by atoms with Crippen LogP contribution in [0.15, 0.2) is 27.9 Å². The van der Waals surface area contributed by atoms with Gasteiger partial charge in [-0.05, 0) is 31.3 Å². The van der Waals surface area contributed by atoms with E-state index >= 15 is 0 Å². The molecule has 0 spiro atoms. The van der Waals surface area contributed by atoms with E-state index in [9.17, 15) is 0 Å². The summed E-state index contributed by atoms with van der Waals surface area (Å²) < 4.78 is 0. The maximum Gasteiger partial charge on any atom is 0.0744 e. The average Bonchev–Trinajstić information content (AvgIpc) is 2.47. The Balaban J connectivity index is 5.87. The van der Waals surface area contributed by atoms with Crippen molar-refractivity contribution >= 4 is 5.71 Å². The molecule has 0 bridgehead atoms. The van der Waals surface area contributed by atoms with E-state index in [4.69, 9.17) is 24.3 Å². The van der Waals surface area contributed by atoms with Gasteiger partial charge in [-0.2, -0.15) is 0 Å². The normalized spacial score (nSPS) is 14.5. The lowest BCUT2D eigenvalue weighted by molar-refractivity contribution is 0.729. The van der Waals surface area contributed by atoms with Gasteiger partial charge in [0.05, 0.1) is 5.70 Å². The molecule has 21 heavy (non-hydrogen) atoms. The van der Waals surface area contributed by atoms with Crippen molar-refractivity contribution < 1.29 is 0 Å². The summed E-state index contributed by atoms with van der Waals surface area (Å²) in [4.78, 5) is 4.77. The molecule has 0 aliphatic carbocycles. The molecule has 0 radical (unpaired) electrons. The molecule has 110 valence electrons. The van der Waals surface area contributed by atoms with Gasteiger partial charge in [-0.25, -0.2) is 0 Å². The first-order chi connectivity index (χ1) is 10.0. The van der Waals surface area contributed by atoms with Crippen molar-refractivity contribution in [1.82, 2.24) is 0 Å². The second-order valence-corrected chi connectivity index (χ2v) is 4.98. The summed E-state index contributed by atoms with van der Waals surface area (Å²) in [6.45, 7) is 8.37. The third-order valence-electron chi connectivity index (χ3n) is 3.49. The average molecular weight is 279 g/mol. The third-order valence-corrected chi connectivity index (χ3v) is 3.49. The Hall–Kier alpha value is -2.17. The SMILES string of the molecule is C#C/C=C(\N=C(CC#C)C(C)CC)C(CC)=C(C)CC#C. The van der Waals surface area contributed by atoms with Crippen molar-refractivity contribution in [3.8, 4) is 37.0 Å². The number of nitrogens with zero attached hydrogens (tertiary/aromatic N) is 1. The first kappa shape index (κ1) is 18.8. The van der Waals surface area contributed by atoms with Crippen LogP contribution >= 0.6 is 0 Å². The molecule has 0 N–H and O–H groups in total. The molecule has 0 aromatic rings. The number of rotatable bonds is 7. The van der Waals surface area contributed by atoms with Crippen molar-refractivity contribution in [2.24, 2.45) is 10.9 Å². The van der Waals surface area contributed by atoms with E-state index in [2.05, 4.69) is 38.5 Å². The van der Waals surface area contributed by atoms with E-state index in [0.29, 0.717) is 18.8 Å². The van der Waals surface area contributed by atoms with E-state index in [1.807, 2.05) is 6.92 Å². The monoisotopic (exact) mass is 279 g/mol. The minimum Gasteiger partial charge on any atom is -0.256 e. The quantitative estimate of drug-likeness (QED) is 0.362. The fourth-order valence-electron chi connectivity index (χ4n) is 2.05. The van der Waals surface area contributed by atoms with Gasteiger partial charge in [-0.1, -0.05) is 32.3 Å². The topological polar surface area (TPSA) is 12.4 Å². The molecule has 0 fully saturated rings. The highest BCUT2D eigenvalue weighted by Crippen LogP contribution is 2.23. The predicted octanol–water partition coefficient (Wildman–Crippen LogP) is 4.76. The van der Waals surface area contributed by atoms with Gasteiger partial charge >= 0.3 is 0 Å². The molecule has 0 saturated heterocycles. The maximum atomic E-state index is 5.46. The van der Waals surface area contributed by atoms with Crippen LogP contribution in [-0.2, 0) is 0 Å². The predicted molar refractivity (Wildman–Crippen MR) is 93.7 cm³/mol. The summed E-state index contributed by atoms with van der Waals surface area (Å²) in [6, 6.07) is 0. The van der Waals surface area contributed by atoms with Crippen LogP contribution in [0, 0.1) is 42.9 Å². The Morgan fingerprint density at radius 3 is 2.19 bits per heavy atom. The fourth-order valence-corrected chi connectivity index (χ4v) is 2.05. The second-order valence-electron chi connectivity index (χ2n) is 4.98. The van der Waals surface area contributed by atoms with Gasteiger partial charge in [0.25, 0.3) is 0 Å². The van der Waals surface area contributed by atoms with Crippen LogP contribution in [-0.4, -0.2) is 5.71 Å². The zero-order valence-corrected chi connectivity index (χ0v) is 13.7. The van der Waals surface area contributed by atoms with Crippen molar-refractivity contribution in [3.63, 3.8) is 0 Å². The van der Waals surface area contributed by atoms with E-state index in [1.165, 1.54) is 0 Å². The van der Waals surface area contributed by atoms with Crippen molar-refractivity contribution in [2.75, 3.05) is 0 Å². The lowest BCUT2D eigenvalue weighted by atomic mass is 9.98. The molecule has 0 saturated carbocycles. The summed E-state index contributed by atoms with van der Waals surface area (Å²) >= 11 is 0. The minimum absolute atomic E-state index is 0.341. The lowest BCUT2D eigenvalue weighted by Crippen LogP contribution is -2.10. The van der Waals surface area contributed by atoms with Crippen LogP contribution in [0.25, 0.3) is 0 Å². The number of aliphatic imine (C=N–C) groups is 1. The zero-order valence-electron chi connectivity index (χ0n) is 13.7. The summed E-state index contributed by atoms with van der Waals surface area (Å²) in [6.07, 6.45) is 21.0. The van der Waals surface area contributed by atoms with Crippen LogP contribution in [0.5, 0.6) is 0 Å². The Kier molecular flexibility index (Phi) is 9.50. The molecule has 0 aliphatic heterocycles. The molecule has 0 aliphatic rings. The van der Waals surface area contributed by atoms with E-state index in [0.717, 1.165) is 35.4 Å². The van der Waals surface area contributed by atoms with Crippen molar-refractivity contribution in [2.45, 2.75) is 53.4 Å². The minimum atomic E-state index is 0.341. The summed E-state index contributed by atoms with van der Waals surface area (Å²) in [5.74, 6) is 8.28. The summed E-state index contributed by atoms with van der Waals surface area (Å²) in [7, 11) is 0. The third kappa shape index (κ3) is 6.21. The van der Waals surface area contributed by atoms with Gasteiger partial charge < -0.3 is 0 Å². The van der Waals surface area contributed by atoms with Gasteiger partial charge in [0.2, 0.25) is 0 Å². The Bertz CT molecular complexity index is 550. The molecular weight excluding hydrogens is 254 g/mol. The zero-order chi connectivity index (χ0) is 16.3. The number of terminal acetylenes is 3. The molecule has 1 heteroatoms. The van der Waals surface area contributed by atoms with Crippen LogP contribution in [0.4, 0.5) is 0 Å². The second kappa shape index (κ2) is 10.6. The number of hydrogen-bond acceptors (Lipinski definition) is 1. The molecule has 1 atom stereocenters. The fraction of sp³-hybridized carbons (Fsp3) is 0.450. The van der Waals surface area contributed by atoms with Gasteiger partial charge in [-0.3, -0.25) is 4.99 Å². The van der Waals surface area contributed by atoms with Crippen LogP contribution in [0.1, 0.15) is 53.4 Å². The standard InChI is InChI=1S/C20H25N/c1-8-13-17(7)18(12-5)20(15-10-3)21-19(14-9-2)16(6)11-4/h1-3,15-16H,11-14H2,4-7H3/b18-17?,20-15-,21-19?. The Morgan fingerprint density at radius 1 is 1.14 bits per heavy atom. The highest BCUT2D eigenvalue weighted by Gasteiger charge is 2.11. The van der Waals surface area contributed by atoms with Gasteiger partial charge in [0, 0.05) is 24.6 Å². The van der Waals surface area contributed by atoms with Gasteiger partial charge in [0.15, 0.2) is 0 Å². The summed E-state index contributed by atoms with van der Waals surface area (Å²) in [5, 5.41) is 0. The van der Waals surface area contributed by atoms with E-state index in [-0.39, 0.29) is 0 Å². The highest BCUT2D eigenvalue weighted by atomic mass is 14.8. The highest BCUT2D eigenvalue weighted by molar-refractivity contribution is 5.89. The van der Waals surface area contributed by atoms with E-state index < -0.39 is 0 Å². The number of hydrogen-bond donors (Lipinski definition) is 0.